The maximum absolute atomic E-state index is 15.9. The van der Waals surface area contributed by atoms with Crippen molar-refractivity contribution < 1.29 is 27.5 Å². The van der Waals surface area contributed by atoms with Crippen molar-refractivity contribution in [1.29, 1.82) is 0 Å². The lowest BCUT2D eigenvalue weighted by Crippen LogP contribution is -2.55. The van der Waals surface area contributed by atoms with E-state index >= 15 is 4.39 Å². The third kappa shape index (κ3) is 5.51. The molecule has 2 aliphatic heterocycles. The molecule has 226 valence electrons. The Morgan fingerprint density at radius 1 is 1.10 bits per heavy atom. The van der Waals surface area contributed by atoms with Gasteiger partial charge in [0, 0.05) is 61.7 Å². The zero-order valence-electron chi connectivity index (χ0n) is 24.2. The van der Waals surface area contributed by atoms with Gasteiger partial charge in [-0.3, -0.25) is 19.1 Å². The summed E-state index contributed by atoms with van der Waals surface area (Å²) >= 11 is 0. The summed E-state index contributed by atoms with van der Waals surface area (Å²) in [6.45, 7) is 7.30. The van der Waals surface area contributed by atoms with Gasteiger partial charge in [0.1, 0.15) is 11.4 Å². The van der Waals surface area contributed by atoms with Crippen molar-refractivity contribution in [3.8, 4) is 5.69 Å². The first-order valence-electron chi connectivity index (χ1n) is 14.1. The Kier molecular flexibility index (Phi) is 7.86. The minimum atomic E-state index is -3.09. The zero-order valence-corrected chi connectivity index (χ0v) is 24.2. The quantitative estimate of drug-likeness (QED) is 0.541. The number of likely N-dealkylation sites (N-methyl/N-ethyl adjacent to an activating group) is 1. The number of ether oxygens (including phenoxy) is 1. The van der Waals surface area contributed by atoms with Gasteiger partial charge in [-0.1, -0.05) is 6.08 Å². The number of carbonyl (C=O) groups is 2. The van der Waals surface area contributed by atoms with Crippen LogP contribution < -0.4 is 16.2 Å². The molecule has 0 unspecified atom stereocenters. The molecule has 12 heteroatoms. The first-order valence-corrected chi connectivity index (χ1v) is 14.1. The average Bonchev–Trinajstić information content (AvgIpc) is 3.40. The molecule has 1 aromatic heterocycles. The molecule has 3 heterocycles. The first kappa shape index (κ1) is 29.7. The van der Waals surface area contributed by atoms with E-state index < -0.39 is 46.5 Å². The van der Waals surface area contributed by atoms with Gasteiger partial charge in [0.2, 0.25) is 0 Å². The Balaban J connectivity index is 1.58. The fourth-order valence-electron chi connectivity index (χ4n) is 5.91. The molecule has 2 amide bonds. The molecule has 0 radical (unpaired) electrons. The molecule has 2 atom stereocenters. The van der Waals surface area contributed by atoms with Crippen LogP contribution in [0.5, 0.6) is 0 Å². The van der Waals surface area contributed by atoms with Gasteiger partial charge in [-0.25, -0.2) is 18.0 Å². The molecule has 0 bridgehead atoms. The molecule has 2 fully saturated rings. The molecule has 42 heavy (non-hydrogen) atoms. The van der Waals surface area contributed by atoms with Crippen molar-refractivity contribution in [2.75, 3.05) is 38.1 Å². The van der Waals surface area contributed by atoms with Gasteiger partial charge in [-0.05, 0) is 64.8 Å². The number of nitrogens with two attached hydrogens (primary N) is 1. The number of benzene rings is 1. The minimum Gasteiger partial charge on any atom is -0.443 e. The van der Waals surface area contributed by atoms with E-state index in [1.807, 2.05) is 32.7 Å². The second-order valence-electron chi connectivity index (χ2n) is 11.9. The maximum atomic E-state index is 15.9. The monoisotopic (exact) mass is 587 g/mol. The highest BCUT2D eigenvalue weighted by Gasteiger charge is 2.38. The van der Waals surface area contributed by atoms with Crippen LogP contribution in [-0.4, -0.2) is 77.3 Å². The van der Waals surface area contributed by atoms with Gasteiger partial charge in [0.25, 0.3) is 17.9 Å². The molecule has 5 rings (SSSR count). The fraction of sp³-hybridized carbons (Fsp3) is 0.500. The van der Waals surface area contributed by atoms with Crippen molar-refractivity contribution in [3.05, 3.63) is 63.3 Å². The number of piperazine rings is 1. The number of hydrogen-bond donors (Lipinski definition) is 1. The summed E-state index contributed by atoms with van der Waals surface area (Å²) in [5.41, 5.74) is 4.11. The Bertz CT molecular complexity index is 1490. The lowest BCUT2D eigenvalue weighted by molar-refractivity contribution is -0.0448. The van der Waals surface area contributed by atoms with Crippen LogP contribution in [0.2, 0.25) is 0 Å². The number of alkyl halides is 2. The second-order valence-corrected chi connectivity index (χ2v) is 11.9. The van der Waals surface area contributed by atoms with Crippen molar-refractivity contribution >= 4 is 23.3 Å². The summed E-state index contributed by atoms with van der Waals surface area (Å²) in [5, 5.41) is 0. The van der Waals surface area contributed by atoms with E-state index in [1.165, 1.54) is 17.0 Å². The standard InChI is InChI=1S/C30H36F3N5O4/c1-17-13-37(14-18(2)35(17)4)24-12-23(31)20(19-6-9-36(15-19)29(41)42-30(3)7-5-8-30)10-25(24)38-16-22(28(34)40)21(27(32)33)11-26(38)39/h6,10-12,16-18,27H,5,7-9,13-15H2,1-4H3,(H2,34,40)/t17-,18+. The van der Waals surface area contributed by atoms with Crippen LogP contribution in [-0.2, 0) is 4.74 Å². The number of nitrogens with zero attached hydrogens (tertiary/aromatic N) is 4. The van der Waals surface area contributed by atoms with Gasteiger partial charge in [0.15, 0.2) is 0 Å². The highest BCUT2D eigenvalue weighted by molar-refractivity contribution is 5.94. The number of rotatable bonds is 6. The third-order valence-electron chi connectivity index (χ3n) is 8.88. The SMILES string of the molecule is C[C@@H]1CN(c2cc(F)c(C3=CCN(C(=O)OC4(C)CCC4)C3)cc2-n2cc(C(N)=O)c(C(F)F)cc2=O)C[C@H](C)N1C. The smallest absolute Gasteiger partial charge is 0.410 e. The predicted molar refractivity (Wildman–Crippen MR) is 153 cm³/mol. The van der Waals surface area contributed by atoms with Gasteiger partial charge < -0.3 is 20.3 Å². The maximum Gasteiger partial charge on any atom is 0.410 e. The molecular formula is C30H36F3N5O4. The van der Waals surface area contributed by atoms with E-state index in [2.05, 4.69) is 4.90 Å². The van der Waals surface area contributed by atoms with Crippen LogP contribution in [0.25, 0.3) is 11.3 Å². The summed E-state index contributed by atoms with van der Waals surface area (Å²) in [5.74, 6) is -1.68. The Labute approximate surface area is 242 Å². The molecule has 2 aromatic rings. The molecule has 1 saturated heterocycles. The molecule has 9 nitrogen and oxygen atoms in total. The molecule has 1 aliphatic carbocycles. The van der Waals surface area contributed by atoms with Crippen molar-refractivity contribution in [2.24, 2.45) is 5.73 Å². The molecule has 1 aromatic carbocycles. The number of anilines is 1. The topological polar surface area (TPSA) is 101 Å². The minimum absolute atomic E-state index is 0.0955. The van der Waals surface area contributed by atoms with Gasteiger partial charge in [0.05, 0.1) is 16.9 Å². The lowest BCUT2D eigenvalue weighted by Gasteiger charge is -2.44. The van der Waals surface area contributed by atoms with Gasteiger partial charge in [-0.15, -0.1) is 0 Å². The van der Waals surface area contributed by atoms with Crippen molar-refractivity contribution in [2.45, 2.75) is 64.1 Å². The average molecular weight is 588 g/mol. The summed E-state index contributed by atoms with van der Waals surface area (Å²) in [6.07, 6.45) is 1.74. The number of halogens is 3. The predicted octanol–water partition coefficient (Wildman–Crippen LogP) is 4.32. The first-order chi connectivity index (χ1) is 19.8. The van der Waals surface area contributed by atoms with Crippen LogP contribution in [0.3, 0.4) is 0 Å². The van der Waals surface area contributed by atoms with Crippen LogP contribution in [0.15, 0.2) is 35.3 Å². The number of aromatic nitrogens is 1. The number of hydrogen-bond acceptors (Lipinski definition) is 6. The van der Waals surface area contributed by atoms with E-state index in [1.54, 1.807) is 6.08 Å². The highest BCUT2D eigenvalue weighted by Crippen LogP contribution is 2.37. The lowest BCUT2D eigenvalue weighted by atomic mass is 9.82. The summed E-state index contributed by atoms with van der Waals surface area (Å²) in [4.78, 5) is 43.8. The largest absolute Gasteiger partial charge is 0.443 e. The number of pyridine rings is 1. The summed E-state index contributed by atoms with van der Waals surface area (Å²) in [6, 6.07) is 3.68. The van der Waals surface area contributed by atoms with Crippen LogP contribution in [0.4, 0.5) is 23.7 Å². The molecular weight excluding hydrogens is 551 g/mol. The van der Waals surface area contributed by atoms with E-state index in [9.17, 15) is 23.2 Å². The van der Waals surface area contributed by atoms with E-state index in [4.69, 9.17) is 10.5 Å². The van der Waals surface area contributed by atoms with E-state index in [0.717, 1.165) is 30.0 Å². The molecule has 0 spiro atoms. The highest BCUT2D eigenvalue weighted by atomic mass is 19.3. The number of amides is 2. The number of primary amides is 1. The Morgan fingerprint density at radius 2 is 1.76 bits per heavy atom. The second kappa shape index (κ2) is 11.1. The Morgan fingerprint density at radius 3 is 2.33 bits per heavy atom. The van der Waals surface area contributed by atoms with Gasteiger partial charge >= 0.3 is 6.09 Å². The Hall–Kier alpha value is -3.80. The van der Waals surface area contributed by atoms with Crippen molar-refractivity contribution in [3.63, 3.8) is 0 Å². The summed E-state index contributed by atoms with van der Waals surface area (Å²) < 4.78 is 50.0. The van der Waals surface area contributed by atoms with Gasteiger partial charge in [-0.2, -0.15) is 0 Å². The normalized spacial score (nSPS) is 22.2. The van der Waals surface area contributed by atoms with Crippen LogP contribution >= 0.6 is 0 Å². The number of carbonyl (C=O) groups excluding carboxylic acids is 2. The summed E-state index contributed by atoms with van der Waals surface area (Å²) in [7, 11) is 2.00. The fourth-order valence-corrected chi connectivity index (χ4v) is 5.91. The molecule has 1 saturated carbocycles. The molecule has 3 aliphatic rings. The van der Waals surface area contributed by atoms with Crippen molar-refractivity contribution in [1.82, 2.24) is 14.4 Å². The zero-order chi connectivity index (χ0) is 30.5. The van der Waals surface area contributed by atoms with E-state index in [0.29, 0.717) is 30.4 Å². The van der Waals surface area contributed by atoms with Crippen LogP contribution in [0.1, 0.15) is 67.9 Å². The third-order valence-corrected chi connectivity index (χ3v) is 8.88. The van der Waals surface area contributed by atoms with Crippen LogP contribution in [0, 0.1) is 5.82 Å². The van der Waals surface area contributed by atoms with E-state index in [-0.39, 0.29) is 36.4 Å². The molecule has 2 N–H and O–H groups in total.